The molecule has 0 saturated carbocycles. The van der Waals surface area contributed by atoms with Gasteiger partial charge in [-0.05, 0) is 42.4 Å². The standard InChI is InChI=1S/C15H24O2/c1-5-11(2)12(3)6-7-13-8-9-15(17-4)14(16)10-13/h8-12,16H,5-7H2,1-4H3. The average Bonchev–Trinajstić information content (AvgIpc) is 2.35. The molecule has 0 bridgehead atoms. The first-order valence-corrected chi connectivity index (χ1v) is 6.44. The molecule has 1 aromatic rings. The Bertz CT molecular complexity index is 347. The van der Waals surface area contributed by atoms with E-state index in [1.165, 1.54) is 18.4 Å². The van der Waals surface area contributed by atoms with Crippen LogP contribution in [0.15, 0.2) is 18.2 Å². The van der Waals surface area contributed by atoms with Gasteiger partial charge < -0.3 is 9.84 Å². The van der Waals surface area contributed by atoms with Crippen LogP contribution in [0.25, 0.3) is 0 Å². The molecule has 1 aromatic carbocycles. The molecule has 0 aliphatic rings. The van der Waals surface area contributed by atoms with Gasteiger partial charge >= 0.3 is 0 Å². The Kier molecular flexibility index (Phi) is 5.33. The minimum absolute atomic E-state index is 0.237. The highest BCUT2D eigenvalue weighted by atomic mass is 16.5. The first kappa shape index (κ1) is 13.9. The Morgan fingerprint density at radius 1 is 1.24 bits per heavy atom. The maximum Gasteiger partial charge on any atom is 0.160 e. The fourth-order valence-electron chi connectivity index (χ4n) is 1.97. The number of methoxy groups -OCH3 is 1. The molecular formula is C15H24O2. The second-order valence-corrected chi connectivity index (χ2v) is 4.91. The highest BCUT2D eigenvalue weighted by Crippen LogP contribution is 2.28. The zero-order chi connectivity index (χ0) is 12.8. The summed E-state index contributed by atoms with van der Waals surface area (Å²) in [6.45, 7) is 6.84. The Morgan fingerprint density at radius 2 is 1.94 bits per heavy atom. The molecule has 0 heterocycles. The number of aromatic hydroxyl groups is 1. The van der Waals surface area contributed by atoms with Crippen molar-refractivity contribution in [1.29, 1.82) is 0 Å². The van der Waals surface area contributed by atoms with Crippen LogP contribution in [0.2, 0.25) is 0 Å². The maximum atomic E-state index is 9.69. The Balaban J connectivity index is 2.55. The predicted molar refractivity (Wildman–Crippen MR) is 71.6 cm³/mol. The SMILES string of the molecule is CCC(C)C(C)CCc1ccc(OC)c(O)c1. The summed E-state index contributed by atoms with van der Waals surface area (Å²) in [6, 6.07) is 5.67. The monoisotopic (exact) mass is 236 g/mol. The minimum atomic E-state index is 0.237. The van der Waals surface area contributed by atoms with Crippen LogP contribution in [-0.2, 0) is 6.42 Å². The van der Waals surface area contributed by atoms with Crippen LogP contribution in [0, 0.1) is 11.8 Å². The second-order valence-electron chi connectivity index (χ2n) is 4.91. The van der Waals surface area contributed by atoms with Crippen LogP contribution in [-0.4, -0.2) is 12.2 Å². The van der Waals surface area contributed by atoms with Crippen LogP contribution < -0.4 is 4.74 Å². The molecule has 0 saturated heterocycles. The molecule has 0 aromatic heterocycles. The van der Waals surface area contributed by atoms with E-state index in [2.05, 4.69) is 20.8 Å². The molecule has 2 heteroatoms. The van der Waals surface area contributed by atoms with Crippen molar-refractivity contribution in [3.8, 4) is 11.5 Å². The minimum Gasteiger partial charge on any atom is -0.504 e. The zero-order valence-electron chi connectivity index (χ0n) is 11.4. The predicted octanol–water partition coefficient (Wildman–Crippen LogP) is 4.02. The van der Waals surface area contributed by atoms with Crippen molar-refractivity contribution in [2.75, 3.05) is 7.11 Å². The van der Waals surface area contributed by atoms with Gasteiger partial charge in [-0.2, -0.15) is 0 Å². The lowest BCUT2D eigenvalue weighted by atomic mass is 9.88. The van der Waals surface area contributed by atoms with Crippen molar-refractivity contribution in [1.82, 2.24) is 0 Å². The molecule has 0 radical (unpaired) electrons. The zero-order valence-corrected chi connectivity index (χ0v) is 11.4. The summed E-state index contributed by atoms with van der Waals surface area (Å²) in [7, 11) is 1.57. The second kappa shape index (κ2) is 6.53. The first-order chi connectivity index (χ1) is 8.08. The van der Waals surface area contributed by atoms with Crippen LogP contribution in [0.1, 0.15) is 39.2 Å². The van der Waals surface area contributed by atoms with Crippen molar-refractivity contribution >= 4 is 0 Å². The van der Waals surface area contributed by atoms with Gasteiger partial charge in [-0.3, -0.25) is 0 Å². The van der Waals surface area contributed by atoms with Crippen LogP contribution in [0.5, 0.6) is 11.5 Å². The van der Waals surface area contributed by atoms with Gasteiger partial charge in [-0.1, -0.05) is 33.3 Å². The topological polar surface area (TPSA) is 29.5 Å². The van der Waals surface area contributed by atoms with Gasteiger partial charge in [0.1, 0.15) is 0 Å². The van der Waals surface area contributed by atoms with Gasteiger partial charge in [0.05, 0.1) is 7.11 Å². The highest BCUT2D eigenvalue weighted by molar-refractivity contribution is 5.41. The summed E-state index contributed by atoms with van der Waals surface area (Å²) >= 11 is 0. The molecule has 0 amide bonds. The van der Waals surface area contributed by atoms with Crippen molar-refractivity contribution in [2.24, 2.45) is 11.8 Å². The average molecular weight is 236 g/mol. The Hall–Kier alpha value is -1.18. The summed E-state index contributed by atoms with van der Waals surface area (Å²) in [6.07, 6.45) is 3.42. The fraction of sp³-hybridized carbons (Fsp3) is 0.600. The quantitative estimate of drug-likeness (QED) is 0.808. The van der Waals surface area contributed by atoms with E-state index in [1.807, 2.05) is 18.2 Å². The van der Waals surface area contributed by atoms with Gasteiger partial charge in [-0.15, -0.1) is 0 Å². The van der Waals surface area contributed by atoms with Gasteiger partial charge in [0, 0.05) is 0 Å². The van der Waals surface area contributed by atoms with E-state index in [1.54, 1.807) is 7.11 Å². The van der Waals surface area contributed by atoms with Crippen LogP contribution >= 0.6 is 0 Å². The summed E-state index contributed by atoms with van der Waals surface area (Å²) < 4.78 is 5.03. The number of phenols is 1. The molecule has 1 rings (SSSR count). The number of rotatable bonds is 6. The third kappa shape index (κ3) is 3.95. The molecule has 1 N–H and O–H groups in total. The molecule has 2 atom stereocenters. The third-order valence-electron chi connectivity index (χ3n) is 3.75. The molecule has 96 valence electrons. The molecule has 0 spiro atoms. The first-order valence-electron chi connectivity index (χ1n) is 6.44. The largest absolute Gasteiger partial charge is 0.504 e. The van der Waals surface area contributed by atoms with Crippen molar-refractivity contribution < 1.29 is 9.84 Å². The Morgan fingerprint density at radius 3 is 2.47 bits per heavy atom. The lowest BCUT2D eigenvalue weighted by Crippen LogP contribution is -2.07. The number of hydrogen-bond acceptors (Lipinski definition) is 2. The van der Waals surface area contributed by atoms with E-state index in [0.29, 0.717) is 5.75 Å². The molecule has 17 heavy (non-hydrogen) atoms. The van der Waals surface area contributed by atoms with E-state index in [0.717, 1.165) is 18.3 Å². The van der Waals surface area contributed by atoms with Gasteiger partial charge in [0.15, 0.2) is 11.5 Å². The van der Waals surface area contributed by atoms with Crippen molar-refractivity contribution in [3.05, 3.63) is 23.8 Å². The number of benzene rings is 1. The van der Waals surface area contributed by atoms with Crippen molar-refractivity contribution in [2.45, 2.75) is 40.0 Å². The number of ether oxygens (including phenoxy) is 1. The lowest BCUT2D eigenvalue weighted by Gasteiger charge is -2.18. The van der Waals surface area contributed by atoms with Crippen LogP contribution in [0.4, 0.5) is 0 Å². The smallest absolute Gasteiger partial charge is 0.160 e. The molecular weight excluding hydrogens is 212 g/mol. The third-order valence-corrected chi connectivity index (χ3v) is 3.75. The Labute approximate surface area is 105 Å². The lowest BCUT2D eigenvalue weighted by molar-refractivity contribution is 0.354. The molecule has 0 aliphatic carbocycles. The molecule has 0 aliphatic heterocycles. The van der Waals surface area contributed by atoms with E-state index in [4.69, 9.17) is 4.74 Å². The summed E-state index contributed by atoms with van der Waals surface area (Å²) in [5.41, 5.74) is 1.18. The molecule has 0 fully saturated rings. The number of phenolic OH excluding ortho intramolecular Hbond substituents is 1. The number of hydrogen-bond donors (Lipinski definition) is 1. The van der Waals surface area contributed by atoms with E-state index in [-0.39, 0.29) is 5.75 Å². The van der Waals surface area contributed by atoms with Crippen molar-refractivity contribution in [3.63, 3.8) is 0 Å². The normalized spacial score (nSPS) is 14.4. The van der Waals surface area contributed by atoms with Gasteiger partial charge in [-0.25, -0.2) is 0 Å². The van der Waals surface area contributed by atoms with E-state index in [9.17, 15) is 5.11 Å². The van der Waals surface area contributed by atoms with E-state index < -0.39 is 0 Å². The van der Waals surface area contributed by atoms with Crippen LogP contribution in [0.3, 0.4) is 0 Å². The van der Waals surface area contributed by atoms with E-state index >= 15 is 0 Å². The summed E-state index contributed by atoms with van der Waals surface area (Å²) in [4.78, 5) is 0. The highest BCUT2D eigenvalue weighted by Gasteiger charge is 2.10. The summed E-state index contributed by atoms with van der Waals surface area (Å²) in [5.74, 6) is 2.27. The van der Waals surface area contributed by atoms with Gasteiger partial charge in [0.25, 0.3) is 0 Å². The molecule has 2 unspecified atom stereocenters. The maximum absolute atomic E-state index is 9.69. The fourth-order valence-corrected chi connectivity index (χ4v) is 1.97. The summed E-state index contributed by atoms with van der Waals surface area (Å²) in [5, 5.41) is 9.69. The van der Waals surface area contributed by atoms with Gasteiger partial charge in [0.2, 0.25) is 0 Å². The molecule has 2 nitrogen and oxygen atoms in total. The number of aryl methyl sites for hydroxylation is 1.